The van der Waals surface area contributed by atoms with E-state index >= 15 is 0 Å². The molecule has 0 saturated carbocycles. The number of hydrogen-bond donors (Lipinski definition) is 3. The fourth-order valence-electron chi connectivity index (χ4n) is 1.63. The second kappa shape index (κ2) is 4.82. The quantitative estimate of drug-likeness (QED) is 0.711. The molecule has 2 rings (SSSR count). The van der Waals surface area contributed by atoms with Crippen molar-refractivity contribution in [1.82, 2.24) is 9.97 Å². The van der Waals surface area contributed by atoms with Crippen LogP contribution in [0, 0.1) is 0 Å². The van der Waals surface area contributed by atoms with Gasteiger partial charge in [-0.15, -0.1) is 11.6 Å². The summed E-state index contributed by atoms with van der Waals surface area (Å²) in [5.74, 6) is 0.324. The third kappa shape index (κ3) is 2.19. The second-order valence-electron chi connectivity index (χ2n) is 3.67. The van der Waals surface area contributed by atoms with Gasteiger partial charge in [-0.3, -0.25) is 0 Å². The smallest absolute Gasteiger partial charge is 0.105 e. The van der Waals surface area contributed by atoms with Gasteiger partial charge in [-0.05, 0) is 24.1 Å². The van der Waals surface area contributed by atoms with Gasteiger partial charge in [0.25, 0.3) is 0 Å². The van der Waals surface area contributed by atoms with E-state index in [9.17, 15) is 10.2 Å². The molecule has 0 aliphatic carbocycles. The van der Waals surface area contributed by atoms with Crippen LogP contribution in [0.4, 0.5) is 0 Å². The van der Waals surface area contributed by atoms with Crippen molar-refractivity contribution in [3.63, 3.8) is 0 Å². The van der Waals surface area contributed by atoms with Crippen molar-refractivity contribution in [1.29, 1.82) is 0 Å². The summed E-state index contributed by atoms with van der Waals surface area (Å²) in [6.07, 6.45) is 0.212. The van der Waals surface area contributed by atoms with Gasteiger partial charge in [0.1, 0.15) is 6.10 Å². The maximum absolute atomic E-state index is 9.87. The van der Waals surface area contributed by atoms with Crippen LogP contribution in [0.1, 0.15) is 18.1 Å². The van der Waals surface area contributed by atoms with Crippen LogP contribution >= 0.6 is 11.6 Å². The zero-order chi connectivity index (χ0) is 11.5. The first kappa shape index (κ1) is 11.4. The summed E-state index contributed by atoms with van der Waals surface area (Å²) in [6, 6.07) is 5.34. The highest BCUT2D eigenvalue weighted by molar-refractivity contribution is 6.17. The van der Waals surface area contributed by atoms with Gasteiger partial charge in [0.15, 0.2) is 0 Å². The standard InChI is InChI=1S/C11H13ClN2O2/c12-4-3-10(15)11(16)7-1-2-8-9(5-7)14-6-13-8/h1-2,5-6,10-11,15-16H,3-4H2,(H,13,14). The average Bonchev–Trinajstić information content (AvgIpc) is 2.75. The minimum Gasteiger partial charge on any atom is -0.390 e. The Kier molecular flexibility index (Phi) is 3.43. The first-order valence-corrected chi connectivity index (χ1v) is 5.61. The molecule has 0 fully saturated rings. The normalized spacial score (nSPS) is 15.2. The number of imidazole rings is 1. The lowest BCUT2D eigenvalue weighted by Gasteiger charge is -2.16. The summed E-state index contributed by atoms with van der Waals surface area (Å²) in [5, 5.41) is 19.5. The van der Waals surface area contributed by atoms with Crippen molar-refractivity contribution in [3.05, 3.63) is 30.1 Å². The molecule has 0 amide bonds. The number of aliphatic hydroxyl groups is 2. The van der Waals surface area contributed by atoms with E-state index in [0.29, 0.717) is 17.9 Å². The molecular weight excluding hydrogens is 228 g/mol. The van der Waals surface area contributed by atoms with Gasteiger partial charge in [0.05, 0.1) is 23.5 Å². The maximum Gasteiger partial charge on any atom is 0.105 e. The summed E-state index contributed by atoms with van der Waals surface area (Å²) in [6.45, 7) is 0. The van der Waals surface area contributed by atoms with Crippen molar-refractivity contribution in [2.75, 3.05) is 5.88 Å². The van der Waals surface area contributed by atoms with E-state index in [2.05, 4.69) is 9.97 Å². The highest BCUT2D eigenvalue weighted by Crippen LogP contribution is 2.22. The number of fused-ring (bicyclic) bond motifs is 1. The highest BCUT2D eigenvalue weighted by Gasteiger charge is 2.18. The first-order chi connectivity index (χ1) is 7.72. The number of H-pyrrole nitrogens is 1. The fourth-order valence-corrected chi connectivity index (χ4v) is 1.85. The van der Waals surface area contributed by atoms with E-state index < -0.39 is 12.2 Å². The van der Waals surface area contributed by atoms with Gasteiger partial charge in [-0.1, -0.05) is 6.07 Å². The number of rotatable bonds is 4. The number of alkyl halides is 1. The minimum absolute atomic E-state index is 0.324. The van der Waals surface area contributed by atoms with E-state index in [1.165, 1.54) is 0 Å². The fraction of sp³-hybridized carbons (Fsp3) is 0.364. The molecule has 0 spiro atoms. The lowest BCUT2D eigenvalue weighted by atomic mass is 10.0. The van der Waals surface area contributed by atoms with Crippen molar-refractivity contribution >= 4 is 22.6 Å². The van der Waals surface area contributed by atoms with E-state index in [0.717, 1.165) is 11.0 Å². The number of aromatic nitrogens is 2. The Bertz CT molecular complexity index is 472. The van der Waals surface area contributed by atoms with E-state index in [-0.39, 0.29) is 0 Å². The summed E-state index contributed by atoms with van der Waals surface area (Å²) in [5.41, 5.74) is 2.34. The molecular formula is C11H13ClN2O2. The van der Waals surface area contributed by atoms with E-state index in [1.807, 2.05) is 0 Å². The van der Waals surface area contributed by atoms with Gasteiger partial charge in [-0.25, -0.2) is 4.98 Å². The number of aromatic amines is 1. The van der Waals surface area contributed by atoms with Gasteiger partial charge in [0.2, 0.25) is 0 Å². The molecule has 4 nitrogen and oxygen atoms in total. The van der Waals surface area contributed by atoms with E-state index in [1.54, 1.807) is 24.5 Å². The molecule has 1 heterocycles. The average molecular weight is 241 g/mol. The SMILES string of the molecule is OC(CCCl)C(O)c1ccc2nc[nH]c2c1. The maximum atomic E-state index is 9.87. The van der Waals surface area contributed by atoms with Gasteiger partial charge in [-0.2, -0.15) is 0 Å². The molecule has 0 bridgehead atoms. The topological polar surface area (TPSA) is 69.1 Å². The predicted molar refractivity (Wildman–Crippen MR) is 62.4 cm³/mol. The molecule has 2 unspecified atom stereocenters. The van der Waals surface area contributed by atoms with E-state index in [4.69, 9.17) is 11.6 Å². The molecule has 0 aliphatic heterocycles. The van der Waals surface area contributed by atoms with Gasteiger partial charge < -0.3 is 15.2 Å². The molecule has 0 radical (unpaired) electrons. The molecule has 86 valence electrons. The third-order valence-electron chi connectivity index (χ3n) is 2.56. The van der Waals surface area contributed by atoms with Crippen molar-refractivity contribution in [3.8, 4) is 0 Å². The molecule has 16 heavy (non-hydrogen) atoms. The summed E-state index contributed by atoms with van der Waals surface area (Å²) < 4.78 is 0. The summed E-state index contributed by atoms with van der Waals surface area (Å²) in [4.78, 5) is 7.04. The third-order valence-corrected chi connectivity index (χ3v) is 2.77. The van der Waals surface area contributed by atoms with Crippen LogP contribution in [0.15, 0.2) is 24.5 Å². The Labute approximate surface area is 97.9 Å². The van der Waals surface area contributed by atoms with Crippen LogP contribution in [-0.2, 0) is 0 Å². The molecule has 2 atom stereocenters. The van der Waals surface area contributed by atoms with Crippen molar-refractivity contribution in [2.45, 2.75) is 18.6 Å². The minimum atomic E-state index is -0.911. The number of halogens is 1. The molecule has 1 aromatic heterocycles. The summed E-state index contributed by atoms with van der Waals surface area (Å²) >= 11 is 5.52. The molecule has 0 aliphatic rings. The van der Waals surface area contributed by atoms with Crippen molar-refractivity contribution in [2.24, 2.45) is 0 Å². The van der Waals surface area contributed by atoms with Crippen LogP contribution in [-0.4, -0.2) is 32.2 Å². The zero-order valence-electron chi connectivity index (χ0n) is 8.60. The molecule has 2 aromatic rings. The Balaban J connectivity index is 2.24. The second-order valence-corrected chi connectivity index (χ2v) is 4.05. The van der Waals surface area contributed by atoms with Gasteiger partial charge >= 0.3 is 0 Å². The molecule has 1 aromatic carbocycles. The molecule has 0 saturated heterocycles. The van der Waals surface area contributed by atoms with Gasteiger partial charge in [0, 0.05) is 5.88 Å². The number of hydrogen-bond acceptors (Lipinski definition) is 3. The number of nitrogens with one attached hydrogen (secondary N) is 1. The Morgan fingerprint density at radius 2 is 2.19 bits per heavy atom. The van der Waals surface area contributed by atoms with Crippen LogP contribution in [0.5, 0.6) is 0 Å². The molecule has 3 N–H and O–H groups in total. The largest absolute Gasteiger partial charge is 0.390 e. The van der Waals surface area contributed by atoms with Crippen LogP contribution in [0.2, 0.25) is 0 Å². The monoisotopic (exact) mass is 240 g/mol. The number of aliphatic hydroxyl groups excluding tert-OH is 2. The number of benzene rings is 1. The lowest BCUT2D eigenvalue weighted by Crippen LogP contribution is -2.18. The lowest BCUT2D eigenvalue weighted by molar-refractivity contribution is 0.0171. The predicted octanol–water partition coefficient (Wildman–Crippen LogP) is 1.59. The first-order valence-electron chi connectivity index (χ1n) is 5.07. The summed E-state index contributed by atoms with van der Waals surface area (Å²) in [7, 11) is 0. The highest BCUT2D eigenvalue weighted by atomic mass is 35.5. The zero-order valence-corrected chi connectivity index (χ0v) is 9.35. The van der Waals surface area contributed by atoms with Crippen LogP contribution < -0.4 is 0 Å². The van der Waals surface area contributed by atoms with Crippen LogP contribution in [0.25, 0.3) is 11.0 Å². The molecule has 5 heteroatoms. The van der Waals surface area contributed by atoms with Crippen LogP contribution in [0.3, 0.4) is 0 Å². The Hall–Kier alpha value is -1.10. The number of nitrogens with zero attached hydrogens (tertiary/aromatic N) is 1. The Morgan fingerprint density at radius 3 is 2.94 bits per heavy atom. The van der Waals surface area contributed by atoms with Crippen molar-refractivity contribution < 1.29 is 10.2 Å². The Morgan fingerprint density at radius 1 is 1.38 bits per heavy atom.